The Morgan fingerprint density at radius 1 is 0.969 bits per heavy atom. The number of amides is 1. The van der Waals surface area contributed by atoms with E-state index in [1.54, 1.807) is 18.6 Å². The van der Waals surface area contributed by atoms with E-state index >= 15 is 0 Å². The molecule has 1 aliphatic heterocycles. The molecule has 1 fully saturated rings. The SMILES string of the molecule is C[C@@H]1CC[C@@H](Oc2nccc3ccccc23)CN1C(=O)c1ccccc1-c1cccnc1. The Balaban J connectivity index is 1.40. The minimum atomic E-state index is -0.0981. The van der Waals surface area contributed by atoms with E-state index in [2.05, 4.69) is 23.0 Å². The van der Waals surface area contributed by atoms with Gasteiger partial charge in [-0.3, -0.25) is 9.78 Å². The standard InChI is InChI=1S/C27H25N3O2/c1-19-12-13-22(32-26-24-10-3-2-7-20(24)14-16-29-26)18-30(19)27(31)25-11-5-4-9-23(25)21-8-6-15-28-17-21/h2-11,14-17,19,22H,12-13,18H2,1H3/t19-,22-/m1/s1. The van der Waals surface area contributed by atoms with Crippen LogP contribution in [0.25, 0.3) is 21.9 Å². The average molecular weight is 424 g/mol. The lowest BCUT2D eigenvalue weighted by Crippen LogP contribution is -2.49. The molecule has 5 nitrogen and oxygen atoms in total. The fourth-order valence-corrected chi connectivity index (χ4v) is 4.39. The van der Waals surface area contributed by atoms with Gasteiger partial charge in [0.25, 0.3) is 5.91 Å². The summed E-state index contributed by atoms with van der Waals surface area (Å²) in [6, 6.07) is 21.8. The number of aromatic nitrogens is 2. The number of piperidine rings is 1. The van der Waals surface area contributed by atoms with Gasteiger partial charge in [0.15, 0.2) is 0 Å². The average Bonchev–Trinajstić information content (AvgIpc) is 2.85. The van der Waals surface area contributed by atoms with Gasteiger partial charge < -0.3 is 9.64 Å². The molecule has 0 spiro atoms. The lowest BCUT2D eigenvalue weighted by molar-refractivity contribution is 0.0378. The quantitative estimate of drug-likeness (QED) is 0.443. The van der Waals surface area contributed by atoms with Crippen molar-refractivity contribution < 1.29 is 9.53 Å². The summed E-state index contributed by atoms with van der Waals surface area (Å²) in [5.74, 6) is 0.655. The summed E-state index contributed by atoms with van der Waals surface area (Å²) in [5.41, 5.74) is 2.53. The highest BCUT2D eigenvalue weighted by atomic mass is 16.5. The van der Waals surface area contributed by atoms with E-state index in [4.69, 9.17) is 4.74 Å². The third-order valence-electron chi connectivity index (χ3n) is 6.15. The van der Waals surface area contributed by atoms with Crippen LogP contribution in [0.1, 0.15) is 30.1 Å². The maximum atomic E-state index is 13.6. The molecule has 2 atom stereocenters. The third kappa shape index (κ3) is 3.94. The molecule has 160 valence electrons. The number of hydrogen-bond acceptors (Lipinski definition) is 4. The van der Waals surface area contributed by atoms with Gasteiger partial charge in [0.1, 0.15) is 6.10 Å². The van der Waals surface area contributed by atoms with Crippen LogP contribution in [0, 0.1) is 0 Å². The highest BCUT2D eigenvalue weighted by Gasteiger charge is 2.32. The summed E-state index contributed by atoms with van der Waals surface area (Å²) in [7, 11) is 0. The van der Waals surface area contributed by atoms with Gasteiger partial charge in [0, 0.05) is 41.1 Å². The van der Waals surface area contributed by atoms with Crippen molar-refractivity contribution in [1.82, 2.24) is 14.9 Å². The summed E-state index contributed by atoms with van der Waals surface area (Å²) in [6.45, 7) is 2.64. The third-order valence-corrected chi connectivity index (χ3v) is 6.15. The highest BCUT2D eigenvalue weighted by Crippen LogP contribution is 2.29. The Bertz CT molecular complexity index is 1240. The van der Waals surface area contributed by atoms with Gasteiger partial charge in [0.2, 0.25) is 5.88 Å². The summed E-state index contributed by atoms with van der Waals surface area (Å²) < 4.78 is 6.33. The number of rotatable bonds is 4. The molecule has 1 aliphatic rings. The first-order chi connectivity index (χ1) is 15.7. The zero-order valence-electron chi connectivity index (χ0n) is 18.0. The predicted octanol–water partition coefficient (Wildman–Crippen LogP) is 5.37. The molecule has 4 aromatic rings. The monoisotopic (exact) mass is 423 g/mol. The van der Waals surface area contributed by atoms with Crippen molar-refractivity contribution in [3.8, 4) is 17.0 Å². The zero-order valence-corrected chi connectivity index (χ0v) is 18.0. The lowest BCUT2D eigenvalue weighted by Gasteiger charge is -2.38. The van der Waals surface area contributed by atoms with Crippen molar-refractivity contribution in [3.05, 3.63) is 90.9 Å². The van der Waals surface area contributed by atoms with Crippen LogP contribution < -0.4 is 4.74 Å². The molecule has 0 aliphatic carbocycles. The molecule has 2 aromatic heterocycles. The van der Waals surface area contributed by atoms with Crippen molar-refractivity contribution in [3.63, 3.8) is 0 Å². The molecule has 3 heterocycles. The molecule has 1 saturated heterocycles. The van der Waals surface area contributed by atoms with Gasteiger partial charge in [0.05, 0.1) is 6.54 Å². The van der Waals surface area contributed by atoms with Crippen LogP contribution >= 0.6 is 0 Å². The van der Waals surface area contributed by atoms with Gasteiger partial charge in [-0.05, 0) is 55.0 Å². The Labute approximate surface area is 187 Å². The smallest absolute Gasteiger partial charge is 0.254 e. The first kappa shape index (κ1) is 20.2. The highest BCUT2D eigenvalue weighted by molar-refractivity contribution is 6.01. The van der Waals surface area contributed by atoms with Crippen molar-refractivity contribution in [2.75, 3.05) is 6.54 Å². The molecule has 0 N–H and O–H groups in total. The van der Waals surface area contributed by atoms with Gasteiger partial charge in [-0.25, -0.2) is 4.98 Å². The van der Waals surface area contributed by atoms with E-state index in [1.165, 1.54) is 0 Å². The van der Waals surface area contributed by atoms with E-state index in [-0.39, 0.29) is 18.1 Å². The van der Waals surface area contributed by atoms with Gasteiger partial charge >= 0.3 is 0 Å². The normalized spacial score (nSPS) is 18.5. The van der Waals surface area contributed by atoms with Crippen molar-refractivity contribution in [2.24, 2.45) is 0 Å². The minimum Gasteiger partial charge on any atom is -0.472 e. The van der Waals surface area contributed by atoms with Gasteiger partial charge in [-0.2, -0.15) is 0 Å². The second kappa shape index (κ2) is 8.79. The molecule has 0 radical (unpaired) electrons. The second-order valence-corrected chi connectivity index (χ2v) is 8.25. The lowest BCUT2D eigenvalue weighted by atomic mass is 9.96. The van der Waals surface area contributed by atoms with E-state index in [1.807, 2.05) is 65.6 Å². The number of hydrogen-bond donors (Lipinski definition) is 0. The molecule has 2 aromatic carbocycles. The summed E-state index contributed by atoms with van der Waals surface area (Å²) in [6.07, 6.45) is 6.99. The van der Waals surface area contributed by atoms with Crippen LogP contribution in [0.15, 0.2) is 85.3 Å². The molecule has 0 saturated carbocycles. The molecular weight excluding hydrogens is 398 g/mol. The number of carbonyl (C=O) groups is 1. The first-order valence-corrected chi connectivity index (χ1v) is 11.0. The molecule has 5 rings (SSSR count). The summed E-state index contributed by atoms with van der Waals surface area (Å²) in [5, 5.41) is 2.09. The number of pyridine rings is 2. The Hall–Kier alpha value is -3.73. The number of ether oxygens (including phenoxy) is 1. The predicted molar refractivity (Wildman–Crippen MR) is 126 cm³/mol. The van der Waals surface area contributed by atoms with E-state index in [9.17, 15) is 4.79 Å². The molecule has 32 heavy (non-hydrogen) atoms. The molecule has 0 bridgehead atoms. The maximum absolute atomic E-state index is 13.6. The minimum absolute atomic E-state index is 0.0242. The molecule has 0 unspecified atom stereocenters. The first-order valence-electron chi connectivity index (χ1n) is 11.0. The second-order valence-electron chi connectivity index (χ2n) is 8.25. The van der Waals surface area contributed by atoms with Crippen LogP contribution in [-0.2, 0) is 0 Å². The van der Waals surface area contributed by atoms with Crippen LogP contribution in [0.2, 0.25) is 0 Å². The Morgan fingerprint density at radius 3 is 2.69 bits per heavy atom. The number of fused-ring (bicyclic) bond motifs is 1. The Morgan fingerprint density at radius 2 is 1.81 bits per heavy atom. The van der Waals surface area contributed by atoms with Crippen molar-refractivity contribution >= 4 is 16.7 Å². The largest absolute Gasteiger partial charge is 0.472 e. The van der Waals surface area contributed by atoms with E-state index in [0.29, 0.717) is 18.0 Å². The molecule has 1 amide bonds. The fourth-order valence-electron chi connectivity index (χ4n) is 4.39. The summed E-state index contributed by atoms with van der Waals surface area (Å²) in [4.78, 5) is 24.3. The summed E-state index contributed by atoms with van der Waals surface area (Å²) >= 11 is 0. The van der Waals surface area contributed by atoms with Crippen LogP contribution in [0.3, 0.4) is 0 Å². The van der Waals surface area contributed by atoms with Crippen LogP contribution in [-0.4, -0.2) is 39.5 Å². The van der Waals surface area contributed by atoms with Gasteiger partial charge in [-0.1, -0.05) is 42.5 Å². The topological polar surface area (TPSA) is 55.3 Å². The maximum Gasteiger partial charge on any atom is 0.254 e. The molecular formula is C27H25N3O2. The molecule has 5 heteroatoms. The fraction of sp³-hybridized carbons (Fsp3) is 0.222. The van der Waals surface area contributed by atoms with E-state index < -0.39 is 0 Å². The van der Waals surface area contributed by atoms with Crippen molar-refractivity contribution in [2.45, 2.75) is 31.9 Å². The zero-order chi connectivity index (χ0) is 21.9. The van der Waals surface area contributed by atoms with E-state index in [0.717, 1.165) is 34.7 Å². The van der Waals surface area contributed by atoms with Crippen LogP contribution in [0.5, 0.6) is 5.88 Å². The van der Waals surface area contributed by atoms with Crippen molar-refractivity contribution in [1.29, 1.82) is 0 Å². The number of benzene rings is 2. The van der Waals surface area contributed by atoms with Gasteiger partial charge in [-0.15, -0.1) is 0 Å². The number of carbonyl (C=O) groups excluding carboxylic acids is 1. The number of nitrogens with zero attached hydrogens (tertiary/aromatic N) is 3. The Kier molecular flexibility index (Phi) is 5.55. The number of likely N-dealkylation sites (tertiary alicyclic amines) is 1. The van der Waals surface area contributed by atoms with Crippen LogP contribution in [0.4, 0.5) is 0 Å².